The predicted octanol–water partition coefficient (Wildman–Crippen LogP) is 3.35. The minimum Gasteiger partial charge on any atom is -0.497 e. The number of hydrogen-bond donors (Lipinski definition) is 1. The Morgan fingerprint density at radius 3 is 2.46 bits per heavy atom. The Bertz CT molecular complexity index is 725. The highest BCUT2D eigenvalue weighted by atomic mass is 16.6. The van der Waals surface area contributed by atoms with Gasteiger partial charge in [0.1, 0.15) is 19.0 Å². The SMILES string of the molecule is COc1ccc(CCC(=O)Nc2cc3c(cc2C)OCCO3)cc1. The highest BCUT2D eigenvalue weighted by Crippen LogP contribution is 2.35. The molecule has 1 aliphatic heterocycles. The molecule has 0 saturated heterocycles. The van der Waals surface area contributed by atoms with Gasteiger partial charge >= 0.3 is 0 Å². The Balaban J connectivity index is 1.60. The monoisotopic (exact) mass is 327 g/mol. The van der Waals surface area contributed by atoms with Gasteiger partial charge in [0.05, 0.1) is 7.11 Å². The number of benzene rings is 2. The van der Waals surface area contributed by atoms with Crippen LogP contribution in [-0.2, 0) is 11.2 Å². The summed E-state index contributed by atoms with van der Waals surface area (Å²) in [4.78, 5) is 12.2. The number of amides is 1. The molecule has 2 aromatic rings. The number of methoxy groups -OCH3 is 1. The second kappa shape index (κ2) is 7.25. The van der Waals surface area contributed by atoms with Crippen molar-refractivity contribution in [2.45, 2.75) is 19.8 Å². The lowest BCUT2D eigenvalue weighted by molar-refractivity contribution is -0.116. The topological polar surface area (TPSA) is 56.8 Å². The van der Waals surface area contributed by atoms with Crippen LogP contribution in [0.1, 0.15) is 17.5 Å². The molecule has 0 spiro atoms. The third-order valence-electron chi connectivity index (χ3n) is 3.96. The van der Waals surface area contributed by atoms with Crippen molar-refractivity contribution in [3.63, 3.8) is 0 Å². The minimum absolute atomic E-state index is 0.0226. The summed E-state index contributed by atoms with van der Waals surface area (Å²) in [5.74, 6) is 2.20. The Morgan fingerprint density at radius 2 is 1.79 bits per heavy atom. The standard InChI is InChI=1S/C19H21NO4/c1-13-11-17-18(24-10-9-23-17)12-16(13)20-19(21)8-5-14-3-6-15(22-2)7-4-14/h3-4,6-7,11-12H,5,8-10H2,1-2H3,(H,20,21). The van der Waals surface area contributed by atoms with Crippen LogP contribution < -0.4 is 19.5 Å². The lowest BCUT2D eigenvalue weighted by Crippen LogP contribution is -2.17. The van der Waals surface area contributed by atoms with Crippen molar-refractivity contribution in [3.05, 3.63) is 47.5 Å². The molecule has 0 unspecified atom stereocenters. The van der Waals surface area contributed by atoms with E-state index in [2.05, 4.69) is 5.32 Å². The van der Waals surface area contributed by atoms with Crippen LogP contribution in [0, 0.1) is 6.92 Å². The van der Waals surface area contributed by atoms with Gasteiger partial charge in [0, 0.05) is 18.2 Å². The van der Waals surface area contributed by atoms with E-state index in [0.29, 0.717) is 31.8 Å². The van der Waals surface area contributed by atoms with Gasteiger partial charge in [-0.2, -0.15) is 0 Å². The summed E-state index contributed by atoms with van der Waals surface area (Å²) in [5.41, 5.74) is 2.82. The van der Waals surface area contributed by atoms with Crippen molar-refractivity contribution < 1.29 is 19.0 Å². The molecular weight excluding hydrogens is 306 g/mol. The molecule has 1 N–H and O–H groups in total. The number of carbonyl (C=O) groups excluding carboxylic acids is 1. The molecule has 1 heterocycles. The number of anilines is 1. The summed E-state index contributed by atoms with van der Waals surface area (Å²) in [6.07, 6.45) is 1.10. The summed E-state index contributed by atoms with van der Waals surface area (Å²) >= 11 is 0. The molecule has 0 fully saturated rings. The first-order valence-corrected chi connectivity index (χ1v) is 7.99. The van der Waals surface area contributed by atoms with Crippen molar-refractivity contribution in [1.82, 2.24) is 0 Å². The predicted molar refractivity (Wildman–Crippen MR) is 92.1 cm³/mol. The number of aryl methyl sites for hydroxylation is 2. The Labute approximate surface area is 141 Å². The number of carbonyl (C=O) groups is 1. The fourth-order valence-electron chi connectivity index (χ4n) is 2.59. The Hall–Kier alpha value is -2.69. The molecule has 2 aromatic carbocycles. The van der Waals surface area contributed by atoms with E-state index in [9.17, 15) is 4.79 Å². The zero-order chi connectivity index (χ0) is 16.9. The smallest absolute Gasteiger partial charge is 0.224 e. The largest absolute Gasteiger partial charge is 0.497 e. The maximum absolute atomic E-state index is 12.2. The Morgan fingerprint density at radius 1 is 1.12 bits per heavy atom. The van der Waals surface area contributed by atoms with Gasteiger partial charge < -0.3 is 19.5 Å². The molecule has 0 saturated carbocycles. The van der Waals surface area contributed by atoms with E-state index in [-0.39, 0.29) is 5.91 Å². The van der Waals surface area contributed by atoms with Gasteiger partial charge in [0.2, 0.25) is 5.91 Å². The molecule has 1 amide bonds. The van der Waals surface area contributed by atoms with Crippen molar-refractivity contribution in [3.8, 4) is 17.2 Å². The third-order valence-corrected chi connectivity index (χ3v) is 3.96. The molecule has 24 heavy (non-hydrogen) atoms. The fraction of sp³-hybridized carbons (Fsp3) is 0.316. The zero-order valence-electron chi connectivity index (χ0n) is 13.9. The lowest BCUT2D eigenvalue weighted by Gasteiger charge is -2.20. The first-order chi connectivity index (χ1) is 11.7. The summed E-state index contributed by atoms with van der Waals surface area (Å²) in [7, 11) is 1.64. The van der Waals surface area contributed by atoms with Gasteiger partial charge in [0.25, 0.3) is 0 Å². The highest BCUT2D eigenvalue weighted by molar-refractivity contribution is 5.92. The first-order valence-electron chi connectivity index (χ1n) is 7.99. The molecule has 0 aromatic heterocycles. The molecule has 5 nitrogen and oxygen atoms in total. The maximum Gasteiger partial charge on any atom is 0.224 e. The third kappa shape index (κ3) is 3.79. The molecule has 0 bridgehead atoms. The quantitative estimate of drug-likeness (QED) is 0.915. The Kier molecular flexibility index (Phi) is 4.89. The van der Waals surface area contributed by atoms with Crippen molar-refractivity contribution in [2.24, 2.45) is 0 Å². The van der Waals surface area contributed by atoms with E-state index in [1.165, 1.54) is 0 Å². The van der Waals surface area contributed by atoms with Crippen LogP contribution in [0.3, 0.4) is 0 Å². The van der Waals surface area contributed by atoms with Crippen LogP contribution in [0.2, 0.25) is 0 Å². The van der Waals surface area contributed by atoms with E-state index in [1.54, 1.807) is 7.11 Å². The van der Waals surface area contributed by atoms with Crippen LogP contribution >= 0.6 is 0 Å². The minimum atomic E-state index is -0.0226. The van der Waals surface area contributed by atoms with Crippen molar-refractivity contribution in [2.75, 3.05) is 25.6 Å². The van der Waals surface area contributed by atoms with Gasteiger partial charge in [-0.1, -0.05) is 12.1 Å². The number of fused-ring (bicyclic) bond motifs is 1. The molecule has 3 rings (SSSR count). The molecule has 126 valence electrons. The van der Waals surface area contributed by atoms with E-state index in [1.807, 2.05) is 43.3 Å². The van der Waals surface area contributed by atoms with Crippen molar-refractivity contribution in [1.29, 1.82) is 0 Å². The fourth-order valence-corrected chi connectivity index (χ4v) is 2.59. The number of ether oxygens (including phenoxy) is 3. The van der Waals surface area contributed by atoms with Crippen LogP contribution in [0.25, 0.3) is 0 Å². The van der Waals surface area contributed by atoms with Crippen molar-refractivity contribution >= 4 is 11.6 Å². The molecule has 0 radical (unpaired) electrons. The van der Waals surface area contributed by atoms with Crippen LogP contribution in [0.5, 0.6) is 17.2 Å². The van der Waals surface area contributed by atoms with Gasteiger partial charge in [-0.15, -0.1) is 0 Å². The zero-order valence-corrected chi connectivity index (χ0v) is 13.9. The molecule has 1 aliphatic rings. The molecule has 0 aliphatic carbocycles. The molecular formula is C19H21NO4. The second-order valence-electron chi connectivity index (χ2n) is 5.71. The summed E-state index contributed by atoms with van der Waals surface area (Å²) in [6.45, 7) is 3.03. The number of rotatable bonds is 5. The van der Waals surface area contributed by atoms with Gasteiger partial charge in [-0.25, -0.2) is 0 Å². The van der Waals surface area contributed by atoms with Crippen LogP contribution in [-0.4, -0.2) is 26.2 Å². The average Bonchev–Trinajstić information content (AvgIpc) is 2.61. The molecule has 5 heteroatoms. The highest BCUT2D eigenvalue weighted by Gasteiger charge is 2.15. The van der Waals surface area contributed by atoms with E-state index < -0.39 is 0 Å². The number of nitrogens with one attached hydrogen (secondary N) is 1. The normalized spacial score (nSPS) is 12.6. The lowest BCUT2D eigenvalue weighted by atomic mass is 10.1. The summed E-state index contributed by atoms with van der Waals surface area (Å²) in [5, 5.41) is 2.95. The molecule has 0 atom stereocenters. The van der Waals surface area contributed by atoms with Crippen LogP contribution in [0.15, 0.2) is 36.4 Å². The maximum atomic E-state index is 12.2. The van der Waals surface area contributed by atoms with E-state index in [4.69, 9.17) is 14.2 Å². The second-order valence-corrected chi connectivity index (χ2v) is 5.71. The number of hydrogen-bond acceptors (Lipinski definition) is 4. The van der Waals surface area contributed by atoms with E-state index in [0.717, 1.165) is 28.3 Å². The van der Waals surface area contributed by atoms with E-state index >= 15 is 0 Å². The summed E-state index contributed by atoms with van der Waals surface area (Å²) < 4.78 is 16.2. The van der Waals surface area contributed by atoms with Gasteiger partial charge in [-0.3, -0.25) is 4.79 Å². The van der Waals surface area contributed by atoms with Gasteiger partial charge in [0.15, 0.2) is 11.5 Å². The van der Waals surface area contributed by atoms with Gasteiger partial charge in [-0.05, 0) is 42.7 Å². The first kappa shape index (κ1) is 16.2. The average molecular weight is 327 g/mol. The summed E-state index contributed by atoms with van der Waals surface area (Å²) in [6, 6.07) is 11.5. The van der Waals surface area contributed by atoms with Crippen LogP contribution in [0.4, 0.5) is 5.69 Å².